The summed E-state index contributed by atoms with van der Waals surface area (Å²) >= 11 is 5.93. The van der Waals surface area contributed by atoms with Crippen molar-refractivity contribution in [1.29, 1.82) is 0 Å². The fourth-order valence-corrected chi connectivity index (χ4v) is 3.19. The van der Waals surface area contributed by atoms with Gasteiger partial charge in [0.25, 0.3) is 0 Å². The maximum atomic E-state index is 11.2. The fraction of sp³-hybridized carbons (Fsp3) is 0.300. The Morgan fingerprint density at radius 1 is 1.13 bits per heavy atom. The van der Waals surface area contributed by atoms with Crippen LogP contribution in [0.5, 0.6) is 11.5 Å². The zero-order chi connectivity index (χ0) is 21.2. The molecule has 3 rings (SSSR count). The van der Waals surface area contributed by atoms with Crippen molar-refractivity contribution in [3.8, 4) is 11.5 Å². The minimum atomic E-state index is -2.99. The number of aliphatic hydroxyl groups excluding tert-OH is 1. The number of carboxylic acid groups (broad SMARTS) is 2. The monoisotopic (exact) mass is 442 g/mol. The summed E-state index contributed by atoms with van der Waals surface area (Å²) in [4.78, 5) is 22.3. The van der Waals surface area contributed by atoms with E-state index in [0.29, 0.717) is 23.6 Å². The van der Waals surface area contributed by atoms with E-state index in [0.717, 1.165) is 5.56 Å². The van der Waals surface area contributed by atoms with Crippen molar-refractivity contribution in [2.75, 3.05) is 6.54 Å². The van der Waals surface area contributed by atoms with Gasteiger partial charge in [-0.2, -0.15) is 0 Å². The van der Waals surface area contributed by atoms with Gasteiger partial charge < -0.3 is 39.7 Å². The van der Waals surface area contributed by atoms with Crippen molar-refractivity contribution < 1.29 is 63.9 Å². The predicted molar refractivity (Wildman–Crippen MR) is 98.0 cm³/mol. The van der Waals surface area contributed by atoms with Crippen molar-refractivity contribution in [1.82, 2.24) is 5.32 Å². The molecule has 0 aromatic heterocycles. The van der Waals surface area contributed by atoms with Gasteiger partial charge in [-0.25, -0.2) is 0 Å². The number of carboxylic acids is 2. The van der Waals surface area contributed by atoms with Crippen LogP contribution in [0, 0.1) is 0 Å². The van der Waals surface area contributed by atoms with Crippen molar-refractivity contribution >= 4 is 23.5 Å². The second-order valence-electron chi connectivity index (χ2n) is 6.76. The van der Waals surface area contributed by atoms with Gasteiger partial charge in [-0.3, -0.25) is 0 Å². The molecule has 0 radical (unpaired) electrons. The maximum absolute atomic E-state index is 11.2. The van der Waals surface area contributed by atoms with Gasteiger partial charge in [-0.1, -0.05) is 29.8 Å². The molecule has 8 nitrogen and oxygen atoms in total. The smallest absolute Gasteiger partial charge is 0.542 e. The molecule has 2 aromatic carbocycles. The molecule has 154 valence electrons. The molecule has 0 aliphatic carbocycles. The number of nitrogens with one attached hydrogen (secondary N) is 1. The maximum Gasteiger partial charge on any atom is 1.00 e. The van der Waals surface area contributed by atoms with E-state index in [9.17, 15) is 24.9 Å². The van der Waals surface area contributed by atoms with Gasteiger partial charge in [0.15, 0.2) is 11.5 Å². The van der Waals surface area contributed by atoms with E-state index in [2.05, 4.69) is 5.32 Å². The molecule has 0 amide bonds. The van der Waals surface area contributed by atoms with Gasteiger partial charge in [0.05, 0.1) is 6.10 Å². The topological polar surface area (TPSA) is 131 Å². The summed E-state index contributed by atoms with van der Waals surface area (Å²) in [5, 5.41) is 36.3. The number of aliphatic hydroxyl groups is 1. The first kappa shape index (κ1) is 24.5. The number of aliphatic carboxylic acids is 2. The number of hydrogen-bond donors (Lipinski definition) is 2. The predicted octanol–water partition coefficient (Wildman–Crippen LogP) is -3.43. The molecule has 0 saturated heterocycles. The molecular weight excluding hydrogens is 425 g/mol. The number of benzene rings is 2. The number of carbonyl (C=O) groups excluding carboxylic acids is 2. The number of carbonyl (C=O) groups is 2. The average molecular weight is 443 g/mol. The number of fused-ring (bicyclic) bond motifs is 1. The Balaban J connectivity index is 0.00000320. The van der Waals surface area contributed by atoms with Crippen LogP contribution in [-0.4, -0.2) is 35.4 Å². The molecule has 30 heavy (non-hydrogen) atoms. The summed E-state index contributed by atoms with van der Waals surface area (Å²) in [5.74, 6) is -7.16. The van der Waals surface area contributed by atoms with Crippen LogP contribution in [0.15, 0.2) is 42.5 Å². The summed E-state index contributed by atoms with van der Waals surface area (Å²) in [6, 6.07) is 11.5. The van der Waals surface area contributed by atoms with E-state index in [1.54, 1.807) is 30.3 Å². The van der Waals surface area contributed by atoms with Crippen LogP contribution in [0.1, 0.15) is 24.2 Å². The molecule has 2 atom stereocenters. The molecule has 10 heteroatoms. The zero-order valence-corrected chi connectivity index (χ0v) is 19.1. The molecule has 1 heterocycles. The van der Waals surface area contributed by atoms with Gasteiger partial charge in [0, 0.05) is 17.6 Å². The quantitative estimate of drug-likeness (QED) is 0.319. The molecule has 2 N–H and O–H groups in total. The third-order valence-electron chi connectivity index (χ3n) is 4.49. The van der Waals surface area contributed by atoms with Crippen LogP contribution in [0.3, 0.4) is 0 Å². The number of ether oxygens (including phenoxy) is 2. The van der Waals surface area contributed by atoms with Gasteiger partial charge in [-0.05, 0) is 48.7 Å². The van der Waals surface area contributed by atoms with Crippen molar-refractivity contribution in [3.05, 3.63) is 58.6 Å². The van der Waals surface area contributed by atoms with E-state index in [1.807, 2.05) is 6.92 Å². The van der Waals surface area contributed by atoms with E-state index < -0.39 is 23.8 Å². The van der Waals surface area contributed by atoms with Gasteiger partial charge >= 0.3 is 35.3 Å². The Morgan fingerprint density at radius 3 is 2.43 bits per heavy atom. The first-order valence-corrected chi connectivity index (χ1v) is 9.20. The normalized spacial score (nSPS) is 15.7. The van der Waals surface area contributed by atoms with Crippen LogP contribution in [0.25, 0.3) is 0 Å². The third-order valence-corrected chi connectivity index (χ3v) is 4.72. The number of rotatable bonds is 8. The molecule has 2 aromatic rings. The zero-order valence-electron chi connectivity index (χ0n) is 16.4. The minimum Gasteiger partial charge on any atom is -0.542 e. The Morgan fingerprint density at radius 2 is 1.80 bits per heavy atom. The molecule has 0 bridgehead atoms. The van der Waals surface area contributed by atoms with Crippen molar-refractivity contribution in [3.63, 3.8) is 0 Å². The molecule has 1 aliphatic heterocycles. The number of hydrogen-bond acceptors (Lipinski definition) is 8. The van der Waals surface area contributed by atoms with Gasteiger partial charge in [-0.15, -0.1) is 0 Å². The van der Waals surface area contributed by atoms with Crippen LogP contribution >= 0.6 is 11.6 Å². The SMILES string of the molecule is CC(Cc1ccc2c(c1)OC(C(=O)[O-])(C(=O)[O-])O2)NCC(O)c1cccc(Cl)c1.[Na+]. The summed E-state index contributed by atoms with van der Waals surface area (Å²) in [6.07, 6.45) is -0.234. The number of halogens is 1. The van der Waals surface area contributed by atoms with E-state index in [1.165, 1.54) is 12.1 Å². The van der Waals surface area contributed by atoms with E-state index >= 15 is 0 Å². The minimum absolute atomic E-state index is 0. The summed E-state index contributed by atoms with van der Waals surface area (Å²) in [5.41, 5.74) is 1.44. The largest absolute Gasteiger partial charge is 1.00 e. The summed E-state index contributed by atoms with van der Waals surface area (Å²) in [6.45, 7) is 2.20. The second-order valence-corrected chi connectivity index (χ2v) is 7.20. The van der Waals surface area contributed by atoms with E-state index in [-0.39, 0.29) is 47.1 Å². The first-order chi connectivity index (χ1) is 13.7. The average Bonchev–Trinajstić information content (AvgIpc) is 3.06. The van der Waals surface area contributed by atoms with Crippen LogP contribution in [0.4, 0.5) is 0 Å². The Bertz CT molecular complexity index is 925. The molecule has 0 fully saturated rings. The van der Waals surface area contributed by atoms with Crippen LogP contribution in [-0.2, 0) is 16.0 Å². The summed E-state index contributed by atoms with van der Waals surface area (Å²) < 4.78 is 9.90. The Labute approximate surface area is 200 Å². The fourth-order valence-electron chi connectivity index (χ4n) is 2.99. The van der Waals surface area contributed by atoms with Gasteiger partial charge in [0.1, 0.15) is 11.9 Å². The van der Waals surface area contributed by atoms with Crippen molar-refractivity contribution in [2.24, 2.45) is 0 Å². The standard InChI is InChI=1S/C20H20ClNO7.Na/c1-11(22-10-15(23)13-3-2-4-14(21)9-13)7-12-5-6-16-17(8-12)29-20(28-16,18(24)25)19(26)27;/h2-6,8-9,11,15,22-23H,7,10H2,1H3,(H,24,25)(H,26,27);/q;+1/p-2. The first-order valence-electron chi connectivity index (χ1n) is 8.82. The second kappa shape index (κ2) is 10.00. The molecular formula is C20H18ClNNaO7-. The molecule has 1 aliphatic rings. The molecule has 0 saturated carbocycles. The van der Waals surface area contributed by atoms with Crippen LogP contribution < -0.4 is 54.6 Å². The third kappa shape index (κ3) is 5.26. The Kier molecular flexibility index (Phi) is 8.15. The van der Waals surface area contributed by atoms with Gasteiger partial charge in [0.2, 0.25) is 0 Å². The molecule has 2 unspecified atom stereocenters. The Hall–Kier alpha value is -1.81. The summed E-state index contributed by atoms with van der Waals surface area (Å²) in [7, 11) is 0. The van der Waals surface area contributed by atoms with Crippen LogP contribution in [0.2, 0.25) is 5.02 Å². The van der Waals surface area contributed by atoms with E-state index in [4.69, 9.17) is 21.1 Å². The molecule has 0 spiro atoms. The van der Waals surface area contributed by atoms with Crippen molar-refractivity contribution in [2.45, 2.75) is 31.3 Å².